The number of hydrogen-bond acceptors (Lipinski definition) is 4. The minimum Gasteiger partial charge on any atom is -0.478 e. The Bertz CT molecular complexity index is 535. The summed E-state index contributed by atoms with van der Waals surface area (Å²) in [6.45, 7) is 0.609. The quantitative estimate of drug-likeness (QED) is 0.781. The minimum atomic E-state index is -1.07. The van der Waals surface area contributed by atoms with E-state index in [1.54, 1.807) is 7.11 Å². The number of ether oxygens (including phenoxy) is 1. The Kier molecular flexibility index (Phi) is 4.59. The molecule has 1 amide bonds. The van der Waals surface area contributed by atoms with Gasteiger partial charge in [0.15, 0.2) is 0 Å². The highest BCUT2D eigenvalue weighted by Gasteiger charge is 2.29. The van der Waals surface area contributed by atoms with Gasteiger partial charge >= 0.3 is 5.97 Å². The molecule has 0 bridgehead atoms. The Morgan fingerprint density at radius 3 is 2.85 bits per heavy atom. The normalized spacial score (nSPS) is 21.7. The molecular weight excluding hydrogens is 284 g/mol. The standard InChI is InChI=1S/C13H15ClN2O4/c1-20-8-5-11(15-6-8)12(17)16-10-4-7(13(18)19)2-3-9(10)14/h2-4,8,11,15H,5-6H2,1H3,(H,16,17)(H,18,19). The molecule has 1 saturated heterocycles. The average Bonchev–Trinajstić information content (AvgIpc) is 2.89. The largest absolute Gasteiger partial charge is 0.478 e. The first-order valence-electron chi connectivity index (χ1n) is 6.11. The highest BCUT2D eigenvalue weighted by atomic mass is 35.5. The fourth-order valence-electron chi connectivity index (χ4n) is 2.06. The highest BCUT2D eigenvalue weighted by Crippen LogP contribution is 2.24. The summed E-state index contributed by atoms with van der Waals surface area (Å²) in [5.41, 5.74) is 0.359. The lowest BCUT2D eigenvalue weighted by molar-refractivity contribution is -0.118. The van der Waals surface area contributed by atoms with Crippen LogP contribution in [0.1, 0.15) is 16.8 Å². The van der Waals surface area contributed by atoms with Crippen molar-refractivity contribution in [3.63, 3.8) is 0 Å². The second-order valence-electron chi connectivity index (χ2n) is 4.54. The number of methoxy groups -OCH3 is 1. The molecule has 0 aromatic heterocycles. The smallest absolute Gasteiger partial charge is 0.335 e. The van der Waals surface area contributed by atoms with Gasteiger partial charge in [0.25, 0.3) is 0 Å². The molecule has 1 fully saturated rings. The van der Waals surface area contributed by atoms with Gasteiger partial charge in [-0.25, -0.2) is 4.79 Å². The molecule has 0 spiro atoms. The molecule has 2 rings (SSSR count). The molecule has 7 heteroatoms. The summed E-state index contributed by atoms with van der Waals surface area (Å²) in [5, 5.41) is 14.9. The molecule has 0 saturated carbocycles. The van der Waals surface area contributed by atoms with Gasteiger partial charge in [-0.15, -0.1) is 0 Å². The number of nitrogens with one attached hydrogen (secondary N) is 2. The lowest BCUT2D eigenvalue weighted by atomic mass is 10.1. The second-order valence-corrected chi connectivity index (χ2v) is 4.95. The van der Waals surface area contributed by atoms with Crippen molar-refractivity contribution in [3.8, 4) is 0 Å². The average molecular weight is 299 g/mol. The topological polar surface area (TPSA) is 87.7 Å². The highest BCUT2D eigenvalue weighted by molar-refractivity contribution is 6.33. The number of benzene rings is 1. The number of anilines is 1. The maximum atomic E-state index is 12.1. The molecule has 1 heterocycles. The Morgan fingerprint density at radius 2 is 2.25 bits per heavy atom. The molecule has 2 atom stereocenters. The molecule has 20 heavy (non-hydrogen) atoms. The van der Waals surface area contributed by atoms with Gasteiger partial charge in [-0.05, 0) is 24.6 Å². The summed E-state index contributed by atoms with van der Waals surface area (Å²) in [6, 6.07) is 3.80. The van der Waals surface area contributed by atoms with Gasteiger partial charge < -0.3 is 20.5 Å². The third-order valence-corrected chi connectivity index (χ3v) is 3.54. The van der Waals surface area contributed by atoms with Crippen LogP contribution < -0.4 is 10.6 Å². The monoisotopic (exact) mass is 298 g/mol. The van der Waals surface area contributed by atoms with Crippen LogP contribution in [-0.4, -0.2) is 42.8 Å². The van der Waals surface area contributed by atoms with Crippen LogP contribution in [0, 0.1) is 0 Å². The molecule has 0 aliphatic carbocycles. The van der Waals surface area contributed by atoms with Crippen molar-refractivity contribution in [1.82, 2.24) is 5.32 Å². The third-order valence-electron chi connectivity index (χ3n) is 3.21. The van der Waals surface area contributed by atoms with E-state index < -0.39 is 5.97 Å². The number of rotatable bonds is 4. The van der Waals surface area contributed by atoms with Crippen molar-refractivity contribution in [2.75, 3.05) is 19.0 Å². The number of amides is 1. The zero-order valence-electron chi connectivity index (χ0n) is 10.9. The summed E-state index contributed by atoms with van der Waals surface area (Å²) in [4.78, 5) is 23.0. The van der Waals surface area contributed by atoms with Crippen LogP contribution >= 0.6 is 11.6 Å². The van der Waals surface area contributed by atoms with E-state index in [4.69, 9.17) is 21.4 Å². The molecule has 2 unspecified atom stereocenters. The van der Waals surface area contributed by atoms with Crippen LogP contribution in [-0.2, 0) is 9.53 Å². The maximum Gasteiger partial charge on any atom is 0.335 e. The number of aromatic carboxylic acids is 1. The van der Waals surface area contributed by atoms with E-state index in [9.17, 15) is 9.59 Å². The van der Waals surface area contributed by atoms with Crippen molar-refractivity contribution in [1.29, 1.82) is 0 Å². The molecule has 0 radical (unpaired) electrons. The van der Waals surface area contributed by atoms with Crippen molar-refractivity contribution < 1.29 is 19.4 Å². The summed E-state index contributed by atoms with van der Waals surface area (Å²) in [5.74, 6) is -1.33. The first-order valence-corrected chi connectivity index (χ1v) is 6.49. The van der Waals surface area contributed by atoms with Crippen LogP contribution in [0.15, 0.2) is 18.2 Å². The zero-order chi connectivity index (χ0) is 14.7. The minimum absolute atomic E-state index is 0.00609. The summed E-state index contributed by atoms with van der Waals surface area (Å²) in [6.07, 6.45) is 0.574. The number of carbonyl (C=O) groups excluding carboxylic acids is 1. The number of hydrogen-bond donors (Lipinski definition) is 3. The van der Waals surface area contributed by atoms with E-state index in [1.807, 2.05) is 0 Å². The van der Waals surface area contributed by atoms with Crippen molar-refractivity contribution in [2.24, 2.45) is 0 Å². The number of carboxylic acids is 1. The fourth-order valence-corrected chi connectivity index (χ4v) is 2.22. The van der Waals surface area contributed by atoms with Crippen molar-refractivity contribution in [2.45, 2.75) is 18.6 Å². The van der Waals surface area contributed by atoms with E-state index in [1.165, 1.54) is 18.2 Å². The molecule has 1 aromatic carbocycles. The lowest BCUT2D eigenvalue weighted by Gasteiger charge is -2.13. The molecular formula is C13H15ClN2O4. The fraction of sp³-hybridized carbons (Fsp3) is 0.385. The van der Waals surface area contributed by atoms with Crippen LogP contribution in [0.25, 0.3) is 0 Å². The van der Waals surface area contributed by atoms with Gasteiger partial charge in [-0.1, -0.05) is 11.6 Å². The first kappa shape index (κ1) is 14.8. The summed E-state index contributed by atoms with van der Waals surface area (Å²) in [7, 11) is 1.60. The third kappa shape index (κ3) is 3.27. The Balaban J connectivity index is 2.08. The van der Waals surface area contributed by atoms with Gasteiger partial charge in [0.05, 0.1) is 28.4 Å². The predicted octanol–water partition coefficient (Wildman–Crippen LogP) is 1.35. The van der Waals surface area contributed by atoms with Crippen molar-refractivity contribution >= 4 is 29.2 Å². The van der Waals surface area contributed by atoms with Gasteiger partial charge in [0.1, 0.15) is 0 Å². The van der Waals surface area contributed by atoms with Gasteiger partial charge in [-0.3, -0.25) is 4.79 Å². The SMILES string of the molecule is COC1CNC(C(=O)Nc2cc(C(=O)O)ccc2Cl)C1. The second kappa shape index (κ2) is 6.21. The number of carboxylic acid groups (broad SMARTS) is 1. The maximum absolute atomic E-state index is 12.1. The van der Waals surface area contributed by atoms with Crippen LogP contribution in [0.2, 0.25) is 5.02 Å². The molecule has 1 aliphatic rings. The number of carbonyl (C=O) groups is 2. The summed E-state index contributed by atoms with van der Waals surface area (Å²) < 4.78 is 5.17. The Hall–Kier alpha value is -1.63. The van der Waals surface area contributed by atoms with E-state index in [-0.39, 0.29) is 23.6 Å². The lowest BCUT2D eigenvalue weighted by Crippen LogP contribution is -2.35. The van der Waals surface area contributed by atoms with Crippen LogP contribution in [0.3, 0.4) is 0 Å². The molecule has 1 aromatic rings. The zero-order valence-corrected chi connectivity index (χ0v) is 11.6. The Labute approximate surface area is 121 Å². The molecule has 1 aliphatic heterocycles. The summed E-state index contributed by atoms with van der Waals surface area (Å²) >= 11 is 5.95. The van der Waals surface area contributed by atoms with Crippen LogP contribution in [0.5, 0.6) is 0 Å². The number of halogens is 1. The van der Waals surface area contributed by atoms with E-state index in [0.29, 0.717) is 23.7 Å². The van der Waals surface area contributed by atoms with Crippen LogP contribution in [0.4, 0.5) is 5.69 Å². The molecule has 3 N–H and O–H groups in total. The molecule has 108 valence electrons. The van der Waals surface area contributed by atoms with E-state index in [0.717, 1.165) is 0 Å². The molecule has 6 nitrogen and oxygen atoms in total. The van der Waals surface area contributed by atoms with Crippen molar-refractivity contribution in [3.05, 3.63) is 28.8 Å². The van der Waals surface area contributed by atoms with Gasteiger partial charge in [0.2, 0.25) is 5.91 Å². The van der Waals surface area contributed by atoms with Gasteiger partial charge in [0, 0.05) is 13.7 Å². The van der Waals surface area contributed by atoms with E-state index >= 15 is 0 Å². The Morgan fingerprint density at radius 1 is 1.50 bits per heavy atom. The first-order chi connectivity index (χ1) is 9.51. The van der Waals surface area contributed by atoms with Gasteiger partial charge in [-0.2, -0.15) is 0 Å². The van der Waals surface area contributed by atoms with E-state index in [2.05, 4.69) is 10.6 Å². The predicted molar refractivity (Wildman–Crippen MR) is 74.2 cm³/mol.